The van der Waals surface area contributed by atoms with E-state index >= 15 is 0 Å². The van der Waals surface area contributed by atoms with Crippen LogP contribution in [0.4, 0.5) is 24.0 Å². The molecule has 0 aliphatic rings. The smallest absolute Gasteiger partial charge is 0.399 e. The summed E-state index contributed by atoms with van der Waals surface area (Å²) in [7, 11) is 0. The maximum Gasteiger partial charge on any atom is 0.433 e. The maximum absolute atomic E-state index is 12.8. The van der Waals surface area contributed by atoms with Crippen LogP contribution in [0.15, 0.2) is 30.5 Å². The van der Waals surface area contributed by atoms with Crippen LogP contribution in [-0.2, 0) is 6.18 Å². The number of halogens is 3. The predicted molar refractivity (Wildman–Crippen MR) is 76.7 cm³/mol. The molecular formula is C13H9F3N4S. The van der Waals surface area contributed by atoms with Crippen molar-refractivity contribution in [3.05, 3.63) is 36.2 Å². The number of hydrogen-bond acceptors (Lipinski definition) is 5. The lowest BCUT2D eigenvalue weighted by Crippen LogP contribution is -2.07. The zero-order valence-electron chi connectivity index (χ0n) is 10.5. The van der Waals surface area contributed by atoms with Gasteiger partial charge in [0.25, 0.3) is 0 Å². The largest absolute Gasteiger partial charge is 0.433 e. The monoisotopic (exact) mass is 310 g/mol. The first kappa shape index (κ1) is 13.6. The van der Waals surface area contributed by atoms with Gasteiger partial charge in [-0.3, -0.25) is 4.98 Å². The molecule has 0 fully saturated rings. The van der Waals surface area contributed by atoms with Gasteiger partial charge in [-0.2, -0.15) is 13.2 Å². The zero-order chi connectivity index (χ0) is 15.2. The number of rotatable bonds is 1. The molecule has 0 spiro atoms. The van der Waals surface area contributed by atoms with Gasteiger partial charge in [-0.25, -0.2) is 4.98 Å². The lowest BCUT2D eigenvalue weighted by Gasteiger charge is -2.09. The van der Waals surface area contributed by atoms with E-state index in [9.17, 15) is 13.2 Å². The highest BCUT2D eigenvalue weighted by Crippen LogP contribution is 2.36. The van der Waals surface area contributed by atoms with Crippen LogP contribution in [0.1, 0.15) is 5.69 Å². The third-order valence-corrected chi connectivity index (χ3v) is 3.73. The van der Waals surface area contributed by atoms with Crippen LogP contribution >= 0.6 is 11.3 Å². The molecule has 2 heterocycles. The zero-order valence-corrected chi connectivity index (χ0v) is 11.3. The van der Waals surface area contributed by atoms with Crippen molar-refractivity contribution in [2.24, 2.45) is 0 Å². The Bertz CT molecular complexity index is 826. The number of hydrogen-bond donors (Lipinski definition) is 2. The Hall–Kier alpha value is -2.35. The predicted octanol–water partition coefficient (Wildman–Crippen LogP) is 3.54. The molecule has 0 radical (unpaired) electrons. The van der Waals surface area contributed by atoms with Crippen molar-refractivity contribution in [1.82, 2.24) is 9.97 Å². The summed E-state index contributed by atoms with van der Waals surface area (Å²) < 4.78 is 39.0. The van der Waals surface area contributed by atoms with Gasteiger partial charge in [-0.1, -0.05) is 11.3 Å². The molecule has 0 aliphatic heterocycles. The number of benzene rings is 1. The molecule has 0 amide bonds. The fourth-order valence-electron chi connectivity index (χ4n) is 2.04. The van der Waals surface area contributed by atoms with E-state index < -0.39 is 11.9 Å². The van der Waals surface area contributed by atoms with E-state index in [1.165, 1.54) is 17.4 Å². The molecule has 108 valence electrons. The minimum Gasteiger partial charge on any atom is -0.399 e. The molecule has 4 N–H and O–H groups in total. The third-order valence-electron chi connectivity index (χ3n) is 2.90. The summed E-state index contributed by atoms with van der Waals surface area (Å²) in [6.07, 6.45) is -3.39. The van der Waals surface area contributed by atoms with Gasteiger partial charge in [-0.15, -0.1) is 0 Å². The first-order chi connectivity index (χ1) is 9.84. The minimum absolute atomic E-state index is 0.335. The average molecular weight is 310 g/mol. The lowest BCUT2D eigenvalue weighted by atomic mass is 10.0. The molecule has 0 saturated carbocycles. The second-order valence-corrected chi connectivity index (χ2v) is 5.46. The molecule has 0 aliphatic carbocycles. The van der Waals surface area contributed by atoms with Gasteiger partial charge in [0.15, 0.2) is 5.13 Å². The number of aromatic nitrogens is 2. The molecule has 0 unspecified atom stereocenters. The van der Waals surface area contributed by atoms with E-state index in [2.05, 4.69) is 9.97 Å². The van der Waals surface area contributed by atoms with Gasteiger partial charge in [0.1, 0.15) is 5.69 Å². The van der Waals surface area contributed by atoms with E-state index in [1.54, 1.807) is 12.1 Å². The molecule has 0 bridgehead atoms. The number of nitrogens with zero attached hydrogens (tertiary/aromatic N) is 2. The molecule has 4 nitrogen and oxygen atoms in total. The average Bonchev–Trinajstić information content (AvgIpc) is 2.77. The van der Waals surface area contributed by atoms with Crippen LogP contribution in [0.2, 0.25) is 0 Å². The fraction of sp³-hybridized carbons (Fsp3) is 0.0769. The molecule has 3 rings (SSSR count). The Morgan fingerprint density at radius 3 is 2.57 bits per heavy atom. The first-order valence-corrected chi connectivity index (χ1v) is 6.65. The van der Waals surface area contributed by atoms with Gasteiger partial charge >= 0.3 is 6.18 Å². The van der Waals surface area contributed by atoms with Gasteiger partial charge in [-0.05, 0) is 29.8 Å². The molecule has 1 aromatic carbocycles. The molecule has 3 aromatic rings. The highest BCUT2D eigenvalue weighted by Gasteiger charge is 2.32. The Kier molecular flexibility index (Phi) is 2.98. The quantitative estimate of drug-likeness (QED) is 0.674. The Morgan fingerprint density at radius 1 is 1.10 bits per heavy atom. The summed E-state index contributed by atoms with van der Waals surface area (Å²) >= 11 is 1.23. The minimum atomic E-state index is -4.50. The van der Waals surface area contributed by atoms with Gasteiger partial charge < -0.3 is 11.5 Å². The third kappa shape index (κ3) is 2.49. The number of alkyl halides is 3. The van der Waals surface area contributed by atoms with Crippen LogP contribution in [0.3, 0.4) is 0 Å². The molecule has 0 atom stereocenters. The van der Waals surface area contributed by atoms with E-state index in [4.69, 9.17) is 11.5 Å². The van der Waals surface area contributed by atoms with Crippen molar-refractivity contribution < 1.29 is 13.2 Å². The topological polar surface area (TPSA) is 77.8 Å². The van der Waals surface area contributed by atoms with E-state index in [-0.39, 0.29) is 0 Å². The summed E-state index contributed by atoms with van der Waals surface area (Å²) in [6.45, 7) is 0. The highest BCUT2D eigenvalue weighted by molar-refractivity contribution is 7.22. The normalized spacial score (nSPS) is 12.0. The number of anilines is 2. The summed E-state index contributed by atoms with van der Waals surface area (Å²) in [5.74, 6) is 0. The second-order valence-electron chi connectivity index (χ2n) is 4.39. The van der Waals surface area contributed by atoms with Gasteiger partial charge in [0.05, 0.1) is 10.2 Å². The summed E-state index contributed by atoms with van der Waals surface area (Å²) in [4.78, 5) is 7.51. The molecule has 2 aromatic heterocycles. The number of nitrogens with two attached hydrogens (primary N) is 2. The second kappa shape index (κ2) is 4.59. The van der Waals surface area contributed by atoms with Crippen molar-refractivity contribution in [1.29, 1.82) is 0 Å². The molecule has 0 saturated heterocycles. The molecular weight excluding hydrogens is 301 g/mol. The number of nitrogen functional groups attached to an aromatic ring is 2. The number of fused-ring (bicyclic) bond motifs is 1. The standard InChI is InChI=1S/C13H9F3N4S/c14-13(15,16)10-3-6(1-2-19-10)8-4-7(17)5-9-11(8)20-12(18)21-9/h1-5H,17H2,(H2,18,20). The van der Waals surface area contributed by atoms with Crippen molar-refractivity contribution in [3.8, 4) is 11.1 Å². The Balaban J connectivity index is 2.25. The first-order valence-electron chi connectivity index (χ1n) is 5.84. The van der Waals surface area contributed by atoms with Crippen LogP contribution in [-0.4, -0.2) is 9.97 Å². The van der Waals surface area contributed by atoms with Crippen LogP contribution in [0.25, 0.3) is 21.3 Å². The Labute approximate surface area is 121 Å². The summed E-state index contributed by atoms with van der Waals surface area (Å²) in [6, 6.07) is 5.73. The Morgan fingerprint density at radius 2 is 1.86 bits per heavy atom. The van der Waals surface area contributed by atoms with Crippen LogP contribution in [0, 0.1) is 0 Å². The number of thiazole rings is 1. The number of pyridine rings is 1. The van der Waals surface area contributed by atoms with Crippen molar-refractivity contribution in [3.63, 3.8) is 0 Å². The molecule has 8 heteroatoms. The van der Waals surface area contributed by atoms with E-state index in [0.29, 0.717) is 27.5 Å². The lowest BCUT2D eigenvalue weighted by molar-refractivity contribution is -0.141. The van der Waals surface area contributed by atoms with Crippen molar-refractivity contribution in [2.45, 2.75) is 6.18 Å². The SMILES string of the molecule is Nc1cc(-c2ccnc(C(F)(F)F)c2)c2nc(N)sc2c1. The maximum atomic E-state index is 12.8. The van der Waals surface area contributed by atoms with Gasteiger partial charge in [0, 0.05) is 17.4 Å². The summed E-state index contributed by atoms with van der Waals surface area (Å²) in [5, 5.41) is 0.335. The van der Waals surface area contributed by atoms with Crippen LogP contribution < -0.4 is 11.5 Å². The van der Waals surface area contributed by atoms with E-state index in [0.717, 1.165) is 17.0 Å². The highest BCUT2D eigenvalue weighted by atomic mass is 32.1. The molecule has 21 heavy (non-hydrogen) atoms. The van der Waals surface area contributed by atoms with Crippen molar-refractivity contribution in [2.75, 3.05) is 11.5 Å². The van der Waals surface area contributed by atoms with Gasteiger partial charge in [0.2, 0.25) is 0 Å². The fourth-order valence-corrected chi connectivity index (χ4v) is 2.85. The van der Waals surface area contributed by atoms with E-state index in [1.807, 2.05) is 0 Å². The summed E-state index contributed by atoms with van der Waals surface area (Å²) in [5.41, 5.74) is 12.3. The van der Waals surface area contributed by atoms with Crippen molar-refractivity contribution >= 4 is 32.4 Å². The van der Waals surface area contributed by atoms with Crippen LogP contribution in [0.5, 0.6) is 0 Å².